The minimum Gasteiger partial charge on any atom is -0.319 e. The summed E-state index contributed by atoms with van der Waals surface area (Å²) in [5, 5.41) is 3.41. The van der Waals surface area contributed by atoms with Crippen molar-refractivity contribution < 1.29 is 0 Å². The molecule has 1 nitrogen and oxygen atoms in total. The molecule has 0 aromatic rings. The largest absolute Gasteiger partial charge is 0.319 e. The molecule has 0 aliphatic heterocycles. The van der Waals surface area contributed by atoms with Gasteiger partial charge < -0.3 is 5.32 Å². The molecule has 1 aliphatic rings. The van der Waals surface area contributed by atoms with E-state index >= 15 is 0 Å². The van der Waals surface area contributed by atoms with Gasteiger partial charge in [-0.1, -0.05) is 39.5 Å². The van der Waals surface area contributed by atoms with Gasteiger partial charge in [-0.15, -0.1) is 0 Å². The Bertz CT molecular complexity index is 142. The maximum atomic E-state index is 3.41. The van der Waals surface area contributed by atoms with E-state index in [2.05, 4.69) is 26.2 Å². The Morgan fingerprint density at radius 3 is 2.36 bits per heavy atom. The van der Waals surface area contributed by atoms with Gasteiger partial charge in [0.2, 0.25) is 0 Å². The van der Waals surface area contributed by atoms with E-state index in [1.54, 1.807) is 0 Å². The highest BCUT2D eigenvalue weighted by molar-refractivity contribution is 4.85. The summed E-state index contributed by atoms with van der Waals surface area (Å²) < 4.78 is 0. The summed E-state index contributed by atoms with van der Waals surface area (Å²) in [6.07, 6.45) is 10.1. The molecule has 0 saturated heterocycles. The van der Waals surface area contributed by atoms with Crippen molar-refractivity contribution in [2.75, 3.05) is 13.6 Å². The summed E-state index contributed by atoms with van der Waals surface area (Å²) in [5.74, 6) is 0.904. The Morgan fingerprint density at radius 1 is 1.21 bits per heavy atom. The zero-order chi connectivity index (χ0) is 10.4. The molecule has 0 radical (unpaired) electrons. The van der Waals surface area contributed by atoms with Crippen molar-refractivity contribution in [2.24, 2.45) is 11.3 Å². The second-order valence-electron chi connectivity index (χ2n) is 5.31. The quantitative estimate of drug-likeness (QED) is 0.710. The van der Waals surface area contributed by atoms with Crippen molar-refractivity contribution in [2.45, 2.75) is 58.8 Å². The summed E-state index contributed by atoms with van der Waals surface area (Å²) >= 11 is 0. The molecule has 0 spiro atoms. The van der Waals surface area contributed by atoms with Crippen molar-refractivity contribution in [1.29, 1.82) is 0 Å². The average molecular weight is 197 g/mol. The third kappa shape index (κ3) is 3.27. The van der Waals surface area contributed by atoms with E-state index in [1.165, 1.54) is 51.5 Å². The second-order valence-corrected chi connectivity index (χ2v) is 5.31. The zero-order valence-corrected chi connectivity index (χ0v) is 10.2. The maximum Gasteiger partial charge on any atom is 0.000490 e. The first-order valence-corrected chi connectivity index (χ1v) is 6.37. The van der Waals surface area contributed by atoms with Crippen molar-refractivity contribution in [1.82, 2.24) is 5.32 Å². The van der Waals surface area contributed by atoms with Crippen molar-refractivity contribution in [3.8, 4) is 0 Å². The Balaban J connectivity index is 2.50. The van der Waals surface area contributed by atoms with Crippen LogP contribution in [0.5, 0.6) is 0 Å². The van der Waals surface area contributed by atoms with E-state index in [1.807, 2.05) is 0 Å². The topological polar surface area (TPSA) is 12.0 Å². The third-order valence-electron chi connectivity index (χ3n) is 3.94. The molecule has 1 aliphatic carbocycles. The first-order valence-electron chi connectivity index (χ1n) is 6.37. The Labute approximate surface area is 89.7 Å². The second kappa shape index (κ2) is 5.75. The highest BCUT2D eigenvalue weighted by atomic mass is 14.8. The van der Waals surface area contributed by atoms with Crippen LogP contribution in [0.3, 0.4) is 0 Å². The van der Waals surface area contributed by atoms with Crippen LogP contribution in [-0.4, -0.2) is 13.6 Å². The minimum atomic E-state index is 0.641. The van der Waals surface area contributed by atoms with Gasteiger partial charge in [0.1, 0.15) is 0 Å². The van der Waals surface area contributed by atoms with Crippen LogP contribution in [0.2, 0.25) is 0 Å². The molecule has 1 rings (SSSR count). The Morgan fingerprint density at radius 2 is 1.86 bits per heavy atom. The number of hydrogen-bond donors (Lipinski definition) is 1. The van der Waals surface area contributed by atoms with E-state index in [9.17, 15) is 0 Å². The van der Waals surface area contributed by atoms with Crippen molar-refractivity contribution in [3.05, 3.63) is 0 Å². The third-order valence-corrected chi connectivity index (χ3v) is 3.94. The molecule has 0 aromatic heterocycles. The number of rotatable bonds is 5. The summed E-state index contributed by atoms with van der Waals surface area (Å²) in [4.78, 5) is 0. The maximum absolute atomic E-state index is 3.41. The zero-order valence-electron chi connectivity index (χ0n) is 10.2. The van der Waals surface area contributed by atoms with Crippen LogP contribution in [0.4, 0.5) is 0 Å². The van der Waals surface area contributed by atoms with Gasteiger partial charge in [0, 0.05) is 6.54 Å². The molecule has 1 unspecified atom stereocenters. The Kier molecular flexibility index (Phi) is 4.94. The molecule has 1 atom stereocenters. The van der Waals surface area contributed by atoms with Gasteiger partial charge in [-0.25, -0.2) is 0 Å². The first-order chi connectivity index (χ1) is 6.72. The lowest BCUT2D eigenvalue weighted by Crippen LogP contribution is -2.36. The van der Waals surface area contributed by atoms with Crippen molar-refractivity contribution in [3.63, 3.8) is 0 Å². The highest BCUT2D eigenvalue weighted by Crippen LogP contribution is 2.41. The van der Waals surface area contributed by atoms with Gasteiger partial charge in [-0.05, 0) is 37.6 Å². The van der Waals surface area contributed by atoms with Gasteiger partial charge in [-0.3, -0.25) is 0 Å². The molecule has 0 bridgehead atoms. The van der Waals surface area contributed by atoms with Crippen LogP contribution < -0.4 is 5.32 Å². The van der Waals surface area contributed by atoms with E-state index in [-0.39, 0.29) is 0 Å². The fourth-order valence-corrected chi connectivity index (χ4v) is 3.01. The SMILES string of the molecule is CCC(C)CC1(CNC)CCCCC1. The van der Waals surface area contributed by atoms with Crippen molar-refractivity contribution >= 4 is 0 Å². The molecular formula is C13H27N. The molecule has 0 aromatic carbocycles. The van der Waals surface area contributed by atoms with Crippen LogP contribution >= 0.6 is 0 Å². The van der Waals surface area contributed by atoms with Gasteiger partial charge in [-0.2, -0.15) is 0 Å². The predicted octanol–water partition coefficient (Wildman–Crippen LogP) is 3.59. The van der Waals surface area contributed by atoms with Crippen LogP contribution in [-0.2, 0) is 0 Å². The van der Waals surface area contributed by atoms with Gasteiger partial charge >= 0.3 is 0 Å². The smallest absolute Gasteiger partial charge is 0.000490 e. The standard InChI is InChI=1S/C13H27N/c1-4-12(2)10-13(11-14-3)8-6-5-7-9-13/h12,14H,4-11H2,1-3H3. The molecule has 1 N–H and O–H groups in total. The summed E-state index contributed by atoms with van der Waals surface area (Å²) in [6.45, 7) is 5.96. The minimum absolute atomic E-state index is 0.641. The lowest BCUT2D eigenvalue weighted by atomic mass is 9.69. The molecule has 1 fully saturated rings. The predicted molar refractivity (Wildman–Crippen MR) is 63.5 cm³/mol. The van der Waals surface area contributed by atoms with Gasteiger partial charge in [0.25, 0.3) is 0 Å². The fourth-order valence-electron chi connectivity index (χ4n) is 3.01. The number of hydrogen-bond acceptors (Lipinski definition) is 1. The fraction of sp³-hybridized carbons (Fsp3) is 1.00. The van der Waals surface area contributed by atoms with E-state index in [0.29, 0.717) is 5.41 Å². The normalized spacial score (nSPS) is 23.4. The molecule has 0 amide bonds. The van der Waals surface area contributed by atoms with Crippen LogP contribution in [0.25, 0.3) is 0 Å². The van der Waals surface area contributed by atoms with Crippen LogP contribution in [0.1, 0.15) is 58.8 Å². The first kappa shape index (κ1) is 12.0. The molecule has 14 heavy (non-hydrogen) atoms. The van der Waals surface area contributed by atoms with Crippen LogP contribution in [0, 0.1) is 11.3 Å². The molecule has 1 heteroatoms. The summed E-state index contributed by atoms with van der Waals surface area (Å²) in [6, 6.07) is 0. The van der Waals surface area contributed by atoms with Gasteiger partial charge in [0.05, 0.1) is 0 Å². The highest BCUT2D eigenvalue weighted by Gasteiger charge is 2.32. The monoisotopic (exact) mass is 197 g/mol. The lowest BCUT2D eigenvalue weighted by molar-refractivity contribution is 0.143. The molecule has 84 valence electrons. The van der Waals surface area contributed by atoms with E-state index in [0.717, 1.165) is 5.92 Å². The van der Waals surface area contributed by atoms with E-state index < -0.39 is 0 Å². The van der Waals surface area contributed by atoms with Crippen LogP contribution in [0.15, 0.2) is 0 Å². The Hall–Kier alpha value is -0.0400. The molecule has 0 heterocycles. The summed E-state index contributed by atoms with van der Waals surface area (Å²) in [7, 11) is 2.10. The van der Waals surface area contributed by atoms with Gasteiger partial charge in [0.15, 0.2) is 0 Å². The molecule has 1 saturated carbocycles. The van der Waals surface area contributed by atoms with E-state index in [4.69, 9.17) is 0 Å². The molecular weight excluding hydrogens is 170 g/mol. The average Bonchev–Trinajstić information content (AvgIpc) is 2.19. The summed E-state index contributed by atoms with van der Waals surface area (Å²) in [5.41, 5.74) is 0.641. The lowest BCUT2D eigenvalue weighted by Gasteiger charge is -2.39. The number of nitrogens with one attached hydrogen (secondary N) is 1.